The number of rotatable bonds is 7. The third-order valence-corrected chi connectivity index (χ3v) is 6.43. The molecule has 0 aliphatic rings. The number of hydrogen-bond donors (Lipinski definition) is 3. The van der Waals surface area contributed by atoms with E-state index >= 15 is 0 Å². The number of anilines is 1. The minimum atomic E-state index is -0.297. The van der Waals surface area contributed by atoms with Crippen LogP contribution in [-0.2, 0) is 0 Å². The number of nitrogens with one attached hydrogen (secondary N) is 3. The van der Waals surface area contributed by atoms with Crippen LogP contribution in [0.5, 0.6) is 0 Å². The second-order valence-electron chi connectivity index (χ2n) is 10.2. The normalized spacial score (nSPS) is 11.5. The first-order valence-electron chi connectivity index (χ1n) is 12.7. The van der Waals surface area contributed by atoms with Crippen molar-refractivity contribution in [2.24, 2.45) is 5.92 Å². The Hall–Kier alpha value is -4.92. The Balaban J connectivity index is 1.39. The highest BCUT2D eigenvalue weighted by Gasteiger charge is 2.17. The van der Waals surface area contributed by atoms with Crippen molar-refractivity contribution in [3.8, 4) is 33.9 Å². The molecule has 5 aromatic heterocycles. The predicted molar refractivity (Wildman–Crippen MR) is 152 cm³/mol. The third kappa shape index (κ3) is 4.86. The monoisotopic (exact) mass is 518 g/mol. The molecule has 0 atom stereocenters. The minimum Gasteiger partial charge on any atom is -0.358 e. The summed E-state index contributed by atoms with van der Waals surface area (Å²) in [6.07, 6.45) is 9.60. The zero-order valence-corrected chi connectivity index (χ0v) is 21.9. The average Bonchev–Trinajstić information content (AvgIpc) is 3.51. The van der Waals surface area contributed by atoms with Crippen LogP contribution in [0, 0.1) is 18.7 Å². The van der Waals surface area contributed by atoms with Crippen LogP contribution in [0.4, 0.5) is 10.1 Å². The average molecular weight is 519 g/mol. The van der Waals surface area contributed by atoms with Crippen LogP contribution in [-0.4, -0.2) is 35.1 Å². The van der Waals surface area contributed by atoms with Crippen molar-refractivity contribution in [3.05, 3.63) is 85.0 Å². The molecule has 194 valence electrons. The number of aromatic nitrogens is 7. The molecule has 0 amide bonds. The molecule has 0 fully saturated rings. The van der Waals surface area contributed by atoms with Crippen molar-refractivity contribution in [2.75, 3.05) is 5.32 Å². The Morgan fingerprint density at radius 3 is 2.64 bits per heavy atom. The van der Waals surface area contributed by atoms with Crippen LogP contribution in [0.1, 0.15) is 25.8 Å². The first-order valence-corrected chi connectivity index (χ1v) is 12.7. The first-order chi connectivity index (χ1) is 18.8. The summed E-state index contributed by atoms with van der Waals surface area (Å²) in [5.41, 5.74) is 8.57. The molecule has 3 N–H and O–H groups in total. The maximum absolute atomic E-state index is 14.2. The van der Waals surface area contributed by atoms with Gasteiger partial charge in [-0.15, -0.1) is 0 Å². The van der Waals surface area contributed by atoms with E-state index in [2.05, 4.69) is 55.9 Å². The second-order valence-corrected chi connectivity index (χ2v) is 10.2. The van der Waals surface area contributed by atoms with Gasteiger partial charge < -0.3 is 10.3 Å². The topological polar surface area (TPSA) is 108 Å². The van der Waals surface area contributed by atoms with Crippen molar-refractivity contribution >= 4 is 27.6 Å². The molecule has 0 saturated carbocycles. The van der Waals surface area contributed by atoms with Gasteiger partial charge in [0.15, 0.2) is 5.82 Å². The summed E-state index contributed by atoms with van der Waals surface area (Å²) in [4.78, 5) is 21.6. The van der Waals surface area contributed by atoms with E-state index in [1.807, 2.05) is 25.1 Å². The molecule has 6 aromatic rings. The minimum absolute atomic E-state index is 0.297. The van der Waals surface area contributed by atoms with Crippen LogP contribution in [0.25, 0.3) is 55.8 Å². The highest BCUT2D eigenvalue weighted by atomic mass is 19.1. The van der Waals surface area contributed by atoms with Gasteiger partial charge in [-0.1, -0.05) is 26.5 Å². The number of benzene rings is 1. The Morgan fingerprint density at radius 1 is 0.974 bits per heavy atom. The molecule has 0 bridgehead atoms. The molecule has 1 aromatic carbocycles. The van der Waals surface area contributed by atoms with Gasteiger partial charge in [-0.3, -0.25) is 20.1 Å². The van der Waals surface area contributed by atoms with E-state index in [0.29, 0.717) is 23.0 Å². The summed E-state index contributed by atoms with van der Waals surface area (Å²) in [6, 6.07) is 8.89. The number of nitrogens with zero attached hydrogens (tertiary/aromatic N) is 5. The number of halogens is 1. The van der Waals surface area contributed by atoms with Crippen molar-refractivity contribution in [1.82, 2.24) is 35.1 Å². The quantitative estimate of drug-likeness (QED) is 0.209. The standard InChI is InChI=1S/C30H27FN8/c1-16(2)5-18(4)35-22-9-20(11-32-12-22)25-10-23-26(15-34-25)38-39-29(23)30-36-27-14-33-13-24(28(27)37-30)19-6-17(3)7-21(31)8-19/h6-16,35H,4-5H2,1-3H3,(H,36,37)(H,38,39). The van der Waals surface area contributed by atoms with Gasteiger partial charge in [-0.05, 0) is 54.7 Å². The van der Waals surface area contributed by atoms with Gasteiger partial charge in [-0.25, -0.2) is 9.37 Å². The lowest BCUT2D eigenvalue weighted by atomic mass is 10.0. The van der Waals surface area contributed by atoms with E-state index in [4.69, 9.17) is 4.98 Å². The van der Waals surface area contributed by atoms with E-state index < -0.39 is 0 Å². The summed E-state index contributed by atoms with van der Waals surface area (Å²) in [6.45, 7) is 10.3. The Labute approximate surface area is 224 Å². The van der Waals surface area contributed by atoms with Gasteiger partial charge in [0.1, 0.15) is 11.5 Å². The number of allylic oxidation sites excluding steroid dienone is 1. The van der Waals surface area contributed by atoms with E-state index in [9.17, 15) is 4.39 Å². The highest BCUT2D eigenvalue weighted by Crippen LogP contribution is 2.33. The van der Waals surface area contributed by atoms with Gasteiger partial charge in [-0.2, -0.15) is 5.10 Å². The molecule has 0 radical (unpaired) electrons. The molecule has 5 heterocycles. The molecule has 0 spiro atoms. The lowest BCUT2D eigenvalue weighted by Gasteiger charge is -2.12. The fourth-order valence-corrected chi connectivity index (χ4v) is 4.80. The van der Waals surface area contributed by atoms with Crippen LogP contribution in [0.15, 0.2) is 73.6 Å². The molecule has 39 heavy (non-hydrogen) atoms. The fraction of sp³-hybridized carbons (Fsp3) is 0.167. The Bertz CT molecular complexity index is 1830. The number of H-pyrrole nitrogens is 2. The maximum atomic E-state index is 14.2. The molecule has 6 rings (SSSR count). The second kappa shape index (κ2) is 9.75. The van der Waals surface area contributed by atoms with E-state index in [-0.39, 0.29) is 5.82 Å². The van der Waals surface area contributed by atoms with Gasteiger partial charge in [0.2, 0.25) is 0 Å². The lowest BCUT2D eigenvalue weighted by Crippen LogP contribution is -2.02. The molecule has 8 nitrogen and oxygen atoms in total. The number of pyridine rings is 3. The van der Waals surface area contributed by atoms with E-state index in [1.54, 1.807) is 31.0 Å². The van der Waals surface area contributed by atoms with Crippen LogP contribution >= 0.6 is 0 Å². The number of aromatic amines is 2. The molecule has 0 unspecified atom stereocenters. The van der Waals surface area contributed by atoms with E-state index in [1.165, 1.54) is 12.1 Å². The van der Waals surface area contributed by atoms with Crippen molar-refractivity contribution in [3.63, 3.8) is 0 Å². The fourth-order valence-electron chi connectivity index (χ4n) is 4.80. The molecule has 0 saturated heterocycles. The van der Waals surface area contributed by atoms with Crippen LogP contribution in [0.3, 0.4) is 0 Å². The summed E-state index contributed by atoms with van der Waals surface area (Å²) in [5.74, 6) is 0.788. The van der Waals surface area contributed by atoms with Gasteiger partial charge in [0, 0.05) is 34.6 Å². The maximum Gasteiger partial charge on any atom is 0.159 e. The number of imidazole rings is 1. The van der Waals surface area contributed by atoms with Gasteiger partial charge in [0.05, 0.1) is 46.5 Å². The number of hydrogen-bond acceptors (Lipinski definition) is 6. The first kappa shape index (κ1) is 24.4. The summed E-state index contributed by atoms with van der Waals surface area (Å²) in [7, 11) is 0. The zero-order chi connectivity index (χ0) is 27.1. The predicted octanol–water partition coefficient (Wildman–Crippen LogP) is 7.04. The molecule has 9 heteroatoms. The third-order valence-electron chi connectivity index (χ3n) is 6.43. The number of aryl methyl sites for hydroxylation is 1. The van der Waals surface area contributed by atoms with Crippen LogP contribution in [0.2, 0.25) is 0 Å². The van der Waals surface area contributed by atoms with Crippen molar-refractivity contribution in [2.45, 2.75) is 27.2 Å². The lowest BCUT2D eigenvalue weighted by molar-refractivity contribution is 0.627. The molecular weight excluding hydrogens is 491 g/mol. The largest absolute Gasteiger partial charge is 0.358 e. The molecular formula is C30H27FN8. The Kier molecular flexibility index (Phi) is 6.11. The van der Waals surface area contributed by atoms with E-state index in [0.717, 1.165) is 62.2 Å². The molecule has 0 aliphatic carbocycles. The van der Waals surface area contributed by atoms with Gasteiger partial charge in [0.25, 0.3) is 0 Å². The Morgan fingerprint density at radius 2 is 1.82 bits per heavy atom. The summed E-state index contributed by atoms with van der Waals surface area (Å²) < 4.78 is 14.2. The van der Waals surface area contributed by atoms with Gasteiger partial charge >= 0.3 is 0 Å². The summed E-state index contributed by atoms with van der Waals surface area (Å²) in [5, 5.41) is 11.8. The van der Waals surface area contributed by atoms with Crippen molar-refractivity contribution in [1.29, 1.82) is 0 Å². The number of fused-ring (bicyclic) bond motifs is 2. The molecule has 0 aliphatic heterocycles. The van der Waals surface area contributed by atoms with Crippen molar-refractivity contribution < 1.29 is 4.39 Å². The smallest absolute Gasteiger partial charge is 0.159 e. The highest BCUT2D eigenvalue weighted by molar-refractivity contribution is 5.97. The SMILES string of the molecule is C=C(CC(C)C)Nc1cncc(-c2cc3c(-c4nc5c(-c6cc(C)cc(F)c6)cncc5[nH]4)n[nH]c3cn2)c1. The zero-order valence-electron chi connectivity index (χ0n) is 21.9. The summed E-state index contributed by atoms with van der Waals surface area (Å²) >= 11 is 0. The van der Waals surface area contributed by atoms with Crippen LogP contribution < -0.4 is 5.32 Å².